The maximum absolute atomic E-state index is 12.9. The highest BCUT2D eigenvalue weighted by molar-refractivity contribution is 5.62. The van der Waals surface area contributed by atoms with Crippen LogP contribution >= 0.6 is 0 Å². The fraction of sp³-hybridized carbons (Fsp3) is 0.722. The average Bonchev–Trinajstić information content (AvgIpc) is 2.59. The Morgan fingerprint density at radius 1 is 1.23 bits per heavy atom. The lowest BCUT2D eigenvalue weighted by Crippen LogP contribution is -2.34. The van der Waals surface area contributed by atoms with E-state index in [1.54, 1.807) is 7.11 Å². The number of hydrogen-bond acceptors (Lipinski definition) is 5. The molecule has 0 aromatic carbocycles. The first-order valence-corrected chi connectivity index (χ1v) is 9.01. The Labute approximate surface area is 152 Å². The lowest BCUT2D eigenvalue weighted by Gasteiger charge is -2.21. The molecule has 0 bridgehead atoms. The van der Waals surface area contributed by atoms with Gasteiger partial charge in [0.05, 0.1) is 6.10 Å². The highest BCUT2D eigenvalue weighted by atomic mass is 19.4. The number of ether oxygens (including phenoxy) is 1. The summed E-state index contributed by atoms with van der Waals surface area (Å²) in [6.45, 7) is 5.22. The molecule has 1 aromatic rings. The van der Waals surface area contributed by atoms with Crippen LogP contribution in [0.15, 0.2) is 6.08 Å². The van der Waals surface area contributed by atoms with Gasteiger partial charge in [-0.15, -0.1) is 0 Å². The van der Waals surface area contributed by atoms with Gasteiger partial charge in [-0.25, -0.2) is 4.98 Å². The normalized spacial score (nSPS) is 19.4. The number of nitrogens with one attached hydrogen (secondary N) is 1. The predicted octanol–water partition coefficient (Wildman–Crippen LogP) is 4.41. The van der Waals surface area contributed by atoms with Crippen molar-refractivity contribution in [2.24, 2.45) is 5.92 Å². The molecule has 0 saturated carbocycles. The van der Waals surface area contributed by atoms with Crippen LogP contribution in [0.2, 0.25) is 0 Å². The Hall–Kier alpha value is -1.70. The molecule has 2 rings (SSSR count). The zero-order chi connectivity index (χ0) is 19.3. The van der Waals surface area contributed by atoms with Crippen LogP contribution in [0, 0.1) is 5.92 Å². The molecule has 1 aromatic heterocycles. The molecule has 146 valence electrons. The van der Waals surface area contributed by atoms with E-state index in [2.05, 4.69) is 34.1 Å². The van der Waals surface area contributed by atoms with Gasteiger partial charge in [-0.05, 0) is 50.2 Å². The number of aryl methyl sites for hydroxylation is 1. The number of hydrogen-bond donors (Lipinski definition) is 1. The minimum Gasteiger partial charge on any atom is -0.377 e. The molecule has 8 heteroatoms. The van der Waals surface area contributed by atoms with Crippen LogP contribution in [0.5, 0.6) is 0 Å². The van der Waals surface area contributed by atoms with Gasteiger partial charge in [-0.2, -0.15) is 23.1 Å². The summed E-state index contributed by atoms with van der Waals surface area (Å²) in [4.78, 5) is 13.0. The van der Waals surface area contributed by atoms with Crippen LogP contribution in [0.25, 0.3) is 5.57 Å². The summed E-state index contributed by atoms with van der Waals surface area (Å²) in [7, 11) is 1.64. The van der Waals surface area contributed by atoms with Gasteiger partial charge in [0.1, 0.15) is 11.9 Å². The number of nitrogens with zero attached hydrogens (tertiary/aromatic N) is 3. The molecule has 1 N–H and O–H groups in total. The molecule has 5 nitrogen and oxygen atoms in total. The van der Waals surface area contributed by atoms with Crippen molar-refractivity contribution in [2.75, 3.05) is 12.4 Å². The Morgan fingerprint density at radius 3 is 2.58 bits per heavy atom. The van der Waals surface area contributed by atoms with E-state index in [4.69, 9.17) is 4.74 Å². The highest BCUT2D eigenvalue weighted by Gasteiger charge is 2.36. The molecule has 0 radical (unpaired) electrons. The lowest BCUT2D eigenvalue weighted by molar-refractivity contribution is -0.138. The van der Waals surface area contributed by atoms with E-state index in [-0.39, 0.29) is 12.1 Å². The standard InChI is InChI=1S/C18H27F3N4O/c1-11(2)8-9-15-23-16(13-6-5-7-14(10-13)26-4)25-17(24-15)22-12(3)18(19,20)21/h10-12,14H,5-9H2,1-4H3,(H,22,23,24,25)/t12-,14?/m1/s1. The maximum Gasteiger partial charge on any atom is 0.408 e. The quantitative estimate of drug-likeness (QED) is 0.768. The van der Waals surface area contributed by atoms with E-state index in [0.29, 0.717) is 24.0 Å². The predicted molar refractivity (Wildman–Crippen MR) is 94.8 cm³/mol. The Bertz CT molecular complexity index is 631. The molecule has 1 aliphatic carbocycles. The van der Waals surface area contributed by atoms with Crippen molar-refractivity contribution < 1.29 is 17.9 Å². The average molecular weight is 372 g/mol. The van der Waals surface area contributed by atoms with Crippen molar-refractivity contribution in [3.05, 3.63) is 17.7 Å². The van der Waals surface area contributed by atoms with Crippen LogP contribution in [0.3, 0.4) is 0 Å². The van der Waals surface area contributed by atoms with Crippen LogP contribution in [0.1, 0.15) is 58.1 Å². The monoisotopic (exact) mass is 372 g/mol. The van der Waals surface area contributed by atoms with Crippen molar-refractivity contribution in [2.45, 2.75) is 71.2 Å². The third kappa shape index (κ3) is 5.93. The number of halogens is 3. The summed E-state index contributed by atoms with van der Waals surface area (Å²) in [5.41, 5.74) is 0.902. The number of anilines is 1. The molecular weight excluding hydrogens is 345 g/mol. The Kier molecular flexibility index (Phi) is 6.97. The van der Waals surface area contributed by atoms with Crippen molar-refractivity contribution in [3.8, 4) is 0 Å². The van der Waals surface area contributed by atoms with Gasteiger partial charge in [0.25, 0.3) is 0 Å². The van der Waals surface area contributed by atoms with Crippen LogP contribution in [-0.4, -0.2) is 40.4 Å². The van der Waals surface area contributed by atoms with Gasteiger partial charge in [0.2, 0.25) is 5.95 Å². The van der Waals surface area contributed by atoms with Crippen LogP contribution in [0.4, 0.5) is 19.1 Å². The van der Waals surface area contributed by atoms with Crippen LogP contribution < -0.4 is 5.32 Å². The van der Waals surface area contributed by atoms with Crippen LogP contribution in [-0.2, 0) is 11.2 Å². The third-order valence-corrected chi connectivity index (χ3v) is 4.38. The second-order valence-corrected chi connectivity index (χ2v) is 7.10. The zero-order valence-corrected chi connectivity index (χ0v) is 15.7. The minimum absolute atomic E-state index is 0.0138. The molecule has 1 unspecified atom stereocenters. The zero-order valence-electron chi connectivity index (χ0n) is 15.7. The van der Waals surface area contributed by atoms with Gasteiger partial charge in [0.15, 0.2) is 5.82 Å². The molecule has 0 amide bonds. The van der Waals surface area contributed by atoms with Crippen molar-refractivity contribution in [1.29, 1.82) is 0 Å². The summed E-state index contributed by atoms with van der Waals surface area (Å²) < 4.78 is 44.0. The van der Waals surface area contributed by atoms with E-state index >= 15 is 0 Å². The molecule has 2 atom stereocenters. The van der Waals surface area contributed by atoms with E-state index in [1.165, 1.54) is 0 Å². The second kappa shape index (κ2) is 8.79. The fourth-order valence-corrected chi connectivity index (χ4v) is 2.69. The molecule has 1 aliphatic rings. The number of methoxy groups -OCH3 is 1. The fourth-order valence-electron chi connectivity index (χ4n) is 2.69. The topological polar surface area (TPSA) is 59.9 Å². The summed E-state index contributed by atoms with van der Waals surface area (Å²) in [6.07, 6.45) is 1.67. The summed E-state index contributed by atoms with van der Waals surface area (Å²) in [5, 5.41) is 2.37. The minimum atomic E-state index is -4.36. The molecule has 0 aliphatic heterocycles. The van der Waals surface area contributed by atoms with Gasteiger partial charge in [0, 0.05) is 13.5 Å². The largest absolute Gasteiger partial charge is 0.408 e. The Balaban J connectivity index is 2.32. The molecular formula is C18H27F3N4O. The van der Waals surface area contributed by atoms with Crippen molar-refractivity contribution in [1.82, 2.24) is 15.0 Å². The van der Waals surface area contributed by atoms with Gasteiger partial charge in [-0.1, -0.05) is 13.8 Å². The molecule has 26 heavy (non-hydrogen) atoms. The first-order chi connectivity index (χ1) is 12.2. The van der Waals surface area contributed by atoms with Gasteiger partial charge in [-0.3, -0.25) is 0 Å². The lowest BCUT2D eigenvalue weighted by atomic mass is 9.97. The SMILES string of the molecule is COC1C=C(c2nc(CCC(C)C)nc(N[C@H](C)C(F)(F)F)n2)CCC1. The van der Waals surface area contributed by atoms with Crippen molar-refractivity contribution >= 4 is 11.5 Å². The highest BCUT2D eigenvalue weighted by Crippen LogP contribution is 2.27. The first-order valence-electron chi connectivity index (χ1n) is 9.01. The third-order valence-electron chi connectivity index (χ3n) is 4.38. The van der Waals surface area contributed by atoms with E-state index < -0.39 is 12.2 Å². The molecule has 0 saturated heterocycles. The number of allylic oxidation sites excluding steroid dienone is 1. The second-order valence-electron chi connectivity index (χ2n) is 7.10. The van der Waals surface area contributed by atoms with E-state index in [0.717, 1.165) is 38.2 Å². The Morgan fingerprint density at radius 2 is 1.96 bits per heavy atom. The van der Waals surface area contributed by atoms with Crippen molar-refractivity contribution in [3.63, 3.8) is 0 Å². The van der Waals surface area contributed by atoms with E-state index in [1.807, 2.05) is 6.08 Å². The molecule has 0 fully saturated rings. The smallest absolute Gasteiger partial charge is 0.377 e. The number of aromatic nitrogens is 3. The molecule has 0 spiro atoms. The summed E-state index contributed by atoms with van der Waals surface area (Å²) in [6, 6.07) is -1.73. The van der Waals surface area contributed by atoms with Gasteiger partial charge < -0.3 is 10.1 Å². The summed E-state index contributed by atoms with van der Waals surface area (Å²) >= 11 is 0. The number of rotatable bonds is 7. The van der Waals surface area contributed by atoms with Gasteiger partial charge >= 0.3 is 6.18 Å². The number of alkyl halides is 3. The maximum atomic E-state index is 12.9. The van der Waals surface area contributed by atoms with E-state index in [9.17, 15) is 13.2 Å². The summed E-state index contributed by atoms with van der Waals surface area (Å²) in [5.74, 6) is 1.38. The molecule has 1 heterocycles. The first kappa shape index (κ1) is 20.6.